The molecule has 1 aromatic heterocycles. The number of amides is 1. The first-order valence-corrected chi connectivity index (χ1v) is 15.3. The number of aromatic nitrogens is 1. The summed E-state index contributed by atoms with van der Waals surface area (Å²) in [6.07, 6.45) is 0.227. The molecule has 13 heteroatoms. The minimum atomic E-state index is -4.33. The van der Waals surface area contributed by atoms with E-state index < -0.39 is 32.4 Å². The molecule has 1 aliphatic rings. The first-order valence-electron chi connectivity index (χ1n) is 12.1. The zero-order chi connectivity index (χ0) is 28.4. The van der Waals surface area contributed by atoms with E-state index in [4.69, 9.17) is 9.47 Å². The molecule has 0 radical (unpaired) electrons. The monoisotopic (exact) mass is 640 g/mol. The highest BCUT2D eigenvalue weighted by molar-refractivity contribution is 9.10. The number of nitrogens with zero attached hydrogens (tertiary/aromatic N) is 3. The number of methoxy groups -OCH3 is 1. The van der Waals surface area contributed by atoms with Crippen LogP contribution in [0.3, 0.4) is 0 Å². The molecule has 0 saturated carbocycles. The molecule has 39 heavy (non-hydrogen) atoms. The fraction of sp³-hybridized carbons (Fsp3) is 0.385. The summed E-state index contributed by atoms with van der Waals surface area (Å²) in [5, 5.41) is 4.81. The average molecular weight is 642 g/mol. The van der Waals surface area contributed by atoms with Gasteiger partial charge in [0.1, 0.15) is 22.1 Å². The zero-order valence-electron chi connectivity index (χ0n) is 22.0. The Morgan fingerprint density at radius 3 is 2.62 bits per heavy atom. The number of carbonyl (C=O) groups excluding carboxylic acids is 1. The van der Waals surface area contributed by atoms with Crippen molar-refractivity contribution in [2.75, 3.05) is 29.8 Å². The Bertz CT molecular complexity index is 1410. The summed E-state index contributed by atoms with van der Waals surface area (Å²) in [4.78, 5) is 17.7. The molecule has 0 spiro atoms. The van der Waals surface area contributed by atoms with Crippen LogP contribution in [0, 0.1) is 5.82 Å². The largest absolute Gasteiger partial charge is 0.497 e. The summed E-state index contributed by atoms with van der Waals surface area (Å²) in [6.45, 7) is 6.24. The van der Waals surface area contributed by atoms with Crippen LogP contribution in [0.2, 0.25) is 0 Å². The van der Waals surface area contributed by atoms with Crippen LogP contribution in [0.4, 0.5) is 20.7 Å². The molecule has 4 rings (SSSR count). The Kier molecular flexibility index (Phi) is 8.72. The molecule has 0 aliphatic carbocycles. The lowest BCUT2D eigenvalue weighted by molar-refractivity contribution is 0.0293. The minimum absolute atomic E-state index is 0.0459. The van der Waals surface area contributed by atoms with Crippen molar-refractivity contribution in [3.8, 4) is 5.75 Å². The fourth-order valence-electron chi connectivity index (χ4n) is 4.06. The Morgan fingerprint density at radius 2 is 2.00 bits per heavy atom. The third-order valence-electron chi connectivity index (χ3n) is 5.95. The van der Waals surface area contributed by atoms with E-state index in [1.807, 2.05) is 0 Å². The van der Waals surface area contributed by atoms with Crippen molar-refractivity contribution in [2.45, 2.75) is 50.3 Å². The van der Waals surface area contributed by atoms with Crippen molar-refractivity contribution >= 4 is 54.9 Å². The highest BCUT2D eigenvalue weighted by Crippen LogP contribution is 2.34. The van der Waals surface area contributed by atoms with Crippen LogP contribution in [-0.2, 0) is 21.3 Å². The van der Waals surface area contributed by atoms with Gasteiger partial charge >= 0.3 is 6.09 Å². The second-order valence-electron chi connectivity index (χ2n) is 10.0. The van der Waals surface area contributed by atoms with E-state index in [0.29, 0.717) is 41.0 Å². The van der Waals surface area contributed by atoms with Gasteiger partial charge in [0.2, 0.25) is 0 Å². The first kappa shape index (κ1) is 29.1. The van der Waals surface area contributed by atoms with Crippen molar-refractivity contribution in [3.63, 3.8) is 0 Å². The summed E-state index contributed by atoms with van der Waals surface area (Å²) in [6, 6.07) is 9.19. The van der Waals surface area contributed by atoms with Crippen LogP contribution >= 0.6 is 27.3 Å². The van der Waals surface area contributed by atoms with Gasteiger partial charge in [-0.1, -0.05) is 12.1 Å². The summed E-state index contributed by atoms with van der Waals surface area (Å²) < 4.78 is 55.0. The number of anilines is 2. The van der Waals surface area contributed by atoms with Gasteiger partial charge in [0.05, 0.1) is 24.9 Å². The van der Waals surface area contributed by atoms with Crippen molar-refractivity contribution < 1.29 is 27.1 Å². The highest BCUT2D eigenvalue weighted by Gasteiger charge is 2.32. The normalized spacial score (nSPS) is 15.7. The van der Waals surface area contributed by atoms with E-state index in [0.717, 1.165) is 10.4 Å². The van der Waals surface area contributed by atoms with Gasteiger partial charge < -0.3 is 19.7 Å². The molecule has 1 fully saturated rings. The van der Waals surface area contributed by atoms with Gasteiger partial charge in [-0.2, -0.15) is 0 Å². The number of benzene rings is 2. The second kappa shape index (κ2) is 11.7. The van der Waals surface area contributed by atoms with Crippen molar-refractivity contribution in [3.05, 3.63) is 63.1 Å². The van der Waals surface area contributed by atoms with Crippen LogP contribution in [0.1, 0.15) is 32.8 Å². The molecule has 9 nitrogen and oxygen atoms in total. The lowest BCUT2D eigenvalue weighted by Crippen LogP contribution is -2.36. The minimum Gasteiger partial charge on any atom is -0.497 e. The maximum atomic E-state index is 15.4. The van der Waals surface area contributed by atoms with Crippen molar-refractivity contribution in [1.82, 2.24) is 9.88 Å². The lowest BCUT2D eigenvalue weighted by Gasteiger charge is -2.25. The number of nitrogens with one attached hydrogen (secondary N) is 1. The Morgan fingerprint density at radius 1 is 1.28 bits per heavy atom. The molecule has 1 N–H and O–H groups in total. The number of ether oxygens (including phenoxy) is 2. The summed E-state index contributed by atoms with van der Waals surface area (Å²) >= 11 is 4.64. The molecule has 1 atom stereocenters. The number of likely N-dealkylation sites (tertiary alicyclic amines) is 1. The van der Waals surface area contributed by atoms with E-state index in [1.54, 1.807) is 62.4 Å². The number of halogens is 2. The Labute approximate surface area is 240 Å². The molecule has 1 aliphatic heterocycles. The molecule has 2 heterocycles. The molecule has 1 saturated heterocycles. The number of thiazole rings is 1. The van der Waals surface area contributed by atoms with Gasteiger partial charge in [-0.15, -0.1) is 11.3 Å². The second-order valence-corrected chi connectivity index (χ2v) is 13.4. The van der Waals surface area contributed by atoms with Crippen LogP contribution in [0.25, 0.3) is 0 Å². The molecule has 210 valence electrons. The van der Waals surface area contributed by atoms with Crippen molar-refractivity contribution in [1.29, 1.82) is 0 Å². The highest BCUT2D eigenvalue weighted by atomic mass is 79.9. The molecule has 0 bridgehead atoms. The number of hydrogen-bond donors (Lipinski definition) is 1. The summed E-state index contributed by atoms with van der Waals surface area (Å²) in [5.41, 5.74) is 1.99. The Balaban J connectivity index is 1.55. The zero-order valence-corrected chi connectivity index (χ0v) is 25.2. The van der Waals surface area contributed by atoms with Crippen LogP contribution in [0.15, 0.2) is 56.7 Å². The summed E-state index contributed by atoms with van der Waals surface area (Å²) in [7, 11) is -2.78. The first-order chi connectivity index (χ1) is 18.4. The predicted molar refractivity (Wildman–Crippen MR) is 152 cm³/mol. The SMILES string of the molecule is COc1ccc(CN(c2cscn2)S(=O)(=O)c2cc(Br)c(N[C@H]3CCN(C(=O)OC(C)(C)C)C3)cc2F)cc1. The molecular formula is C26H30BrFN4O5S2. The van der Waals surface area contributed by atoms with Gasteiger partial charge in [-0.25, -0.2) is 26.9 Å². The van der Waals surface area contributed by atoms with Gasteiger partial charge in [-0.05, 0) is 73.0 Å². The fourth-order valence-corrected chi connectivity index (χ4v) is 6.75. The molecule has 3 aromatic rings. The van der Waals surface area contributed by atoms with Crippen LogP contribution in [-0.4, -0.2) is 56.2 Å². The third-order valence-corrected chi connectivity index (χ3v) is 8.94. The standard InChI is InChI=1S/C26H30BrFN4O5S2/c1-26(2,3)37-25(33)31-10-9-18(14-31)30-22-12-21(28)23(11-20(22)27)39(34,35)32(24-15-38-16-29-24)13-17-5-7-19(36-4)8-6-17/h5-8,11-12,15-16,18,30H,9-10,13-14H2,1-4H3/t18-/m0/s1. The lowest BCUT2D eigenvalue weighted by atomic mass is 10.2. The Hall–Kier alpha value is -2.90. The summed E-state index contributed by atoms with van der Waals surface area (Å²) in [5.74, 6) is -0.0734. The molecular weight excluding hydrogens is 611 g/mol. The van der Waals surface area contributed by atoms with E-state index in [-0.39, 0.29) is 18.4 Å². The average Bonchev–Trinajstić information content (AvgIpc) is 3.56. The maximum Gasteiger partial charge on any atom is 0.410 e. The van der Waals surface area contributed by atoms with Gasteiger partial charge in [0.15, 0.2) is 5.82 Å². The van der Waals surface area contributed by atoms with E-state index >= 15 is 4.39 Å². The molecule has 1 amide bonds. The van der Waals surface area contributed by atoms with Crippen molar-refractivity contribution in [2.24, 2.45) is 0 Å². The van der Waals surface area contributed by atoms with Gasteiger partial charge in [-0.3, -0.25) is 0 Å². The third kappa shape index (κ3) is 7.00. The number of rotatable bonds is 8. The van der Waals surface area contributed by atoms with Gasteiger partial charge in [0, 0.05) is 29.0 Å². The number of carbonyl (C=O) groups is 1. The van der Waals surface area contributed by atoms with Crippen LogP contribution in [0.5, 0.6) is 5.75 Å². The smallest absolute Gasteiger partial charge is 0.410 e. The van der Waals surface area contributed by atoms with Gasteiger partial charge in [0.25, 0.3) is 10.0 Å². The quantitative estimate of drug-likeness (QED) is 0.329. The topological polar surface area (TPSA) is 101 Å². The predicted octanol–water partition coefficient (Wildman–Crippen LogP) is 5.87. The molecule has 2 aromatic carbocycles. The number of hydrogen-bond acceptors (Lipinski definition) is 8. The van der Waals surface area contributed by atoms with E-state index in [1.165, 1.54) is 22.9 Å². The van der Waals surface area contributed by atoms with Crippen LogP contribution < -0.4 is 14.4 Å². The molecule has 0 unspecified atom stereocenters. The number of sulfonamides is 1. The maximum absolute atomic E-state index is 15.4. The van der Waals surface area contributed by atoms with E-state index in [2.05, 4.69) is 26.2 Å². The van der Waals surface area contributed by atoms with E-state index in [9.17, 15) is 13.2 Å².